The summed E-state index contributed by atoms with van der Waals surface area (Å²) in [6.07, 6.45) is 13.9. The number of fused-ring (bicyclic) bond motifs is 2. The van der Waals surface area contributed by atoms with Crippen LogP contribution < -0.4 is 0 Å². The van der Waals surface area contributed by atoms with Gasteiger partial charge in [-0.25, -0.2) is 0 Å². The second-order valence-corrected chi connectivity index (χ2v) is 8.06. The van der Waals surface area contributed by atoms with Crippen molar-refractivity contribution in [1.82, 2.24) is 9.88 Å². The van der Waals surface area contributed by atoms with Gasteiger partial charge in [-0.1, -0.05) is 31.7 Å². The molecule has 2 aliphatic heterocycles. The number of pyridine rings is 1. The molecule has 1 aromatic rings. The average molecular weight is 328 g/mol. The van der Waals surface area contributed by atoms with E-state index in [2.05, 4.69) is 9.88 Å². The van der Waals surface area contributed by atoms with Gasteiger partial charge >= 0.3 is 0 Å². The van der Waals surface area contributed by atoms with Gasteiger partial charge in [-0.05, 0) is 31.2 Å². The maximum atomic E-state index is 12.8. The highest BCUT2D eigenvalue weighted by atomic mass is 16.3. The Kier molecular flexibility index (Phi) is 4.33. The van der Waals surface area contributed by atoms with Gasteiger partial charge in [0.2, 0.25) is 5.91 Å². The van der Waals surface area contributed by atoms with E-state index in [0.29, 0.717) is 25.2 Å². The third-order valence-corrected chi connectivity index (χ3v) is 6.49. The molecule has 0 spiro atoms. The quantitative estimate of drug-likeness (QED) is 0.922. The first-order valence-corrected chi connectivity index (χ1v) is 9.60. The van der Waals surface area contributed by atoms with Gasteiger partial charge in [-0.15, -0.1) is 0 Å². The Bertz CT molecular complexity index is 569. The van der Waals surface area contributed by atoms with Crippen LogP contribution in [0.5, 0.6) is 0 Å². The first-order chi connectivity index (χ1) is 11.7. The molecule has 3 fully saturated rings. The standard InChI is InChI=1S/C20H28N2O2/c23-19(10-7-15-4-1-2-5-15)22-17-8-9-18(22)13-20(24,12-17)16-6-3-11-21-14-16/h3,6,11,14-15,17-18,24H,1-2,4-5,7-10,12-13H2. The number of nitrogens with zero attached hydrogens (tertiary/aromatic N) is 2. The zero-order valence-electron chi connectivity index (χ0n) is 14.4. The Morgan fingerprint density at radius 2 is 1.92 bits per heavy atom. The molecule has 130 valence electrons. The van der Waals surface area contributed by atoms with E-state index in [4.69, 9.17) is 0 Å². The van der Waals surface area contributed by atoms with Gasteiger partial charge in [0.25, 0.3) is 0 Å². The smallest absolute Gasteiger partial charge is 0.223 e. The highest BCUT2D eigenvalue weighted by Gasteiger charge is 2.49. The molecule has 4 rings (SSSR count). The van der Waals surface area contributed by atoms with E-state index in [9.17, 15) is 9.90 Å². The van der Waals surface area contributed by atoms with Crippen molar-refractivity contribution in [2.75, 3.05) is 0 Å². The van der Waals surface area contributed by atoms with E-state index in [0.717, 1.165) is 30.7 Å². The first kappa shape index (κ1) is 16.1. The summed E-state index contributed by atoms with van der Waals surface area (Å²) in [5.74, 6) is 1.09. The average Bonchev–Trinajstić information content (AvgIpc) is 3.21. The van der Waals surface area contributed by atoms with Crippen LogP contribution in [0.1, 0.15) is 69.8 Å². The molecule has 2 bridgehead atoms. The van der Waals surface area contributed by atoms with Crippen molar-refractivity contribution in [3.63, 3.8) is 0 Å². The molecule has 0 aromatic carbocycles. The summed E-state index contributed by atoms with van der Waals surface area (Å²) < 4.78 is 0. The summed E-state index contributed by atoms with van der Waals surface area (Å²) in [7, 11) is 0. The molecular formula is C20H28N2O2. The van der Waals surface area contributed by atoms with Crippen LogP contribution in [0.4, 0.5) is 0 Å². The fourth-order valence-corrected chi connectivity index (χ4v) is 5.26. The minimum atomic E-state index is -0.817. The molecule has 3 aliphatic rings. The molecule has 24 heavy (non-hydrogen) atoms. The van der Waals surface area contributed by atoms with Crippen LogP contribution in [0.25, 0.3) is 0 Å². The molecule has 1 saturated carbocycles. The molecule has 4 nitrogen and oxygen atoms in total. The lowest BCUT2D eigenvalue weighted by Crippen LogP contribution is -2.52. The number of amides is 1. The molecule has 3 heterocycles. The molecule has 0 radical (unpaired) electrons. The molecule has 1 amide bonds. The van der Waals surface area contributed by atoms with Crippen LogP contribution in [0.3, 0.4) is 0 Å². The van der Waals surface area contributed by atoms with E-state index >= 15 is 0 Å². The lowest BCUT2D eigenvalue weighted by Gasteiger charge is -2.44. The lowest BCUT2D eigenvalue weighted by molar-refractivity contribution is -0.142. The lowest BCUT2D eigenvalue weighted by atomic mass is 9.81. The van der Waals surface area contributed by atoms with Gasteiger partial charge in [0, 0.05) is 49.3 Å². The highest BCUT2D eigenvalue weighted by Crippen LogP contribution is 2.46. The van der Waals surface area contributed by atoms with Crippen molar-refractivity contribution in [2.45, 2.75) is 81.9 Å². The number of aromatic nitrogens is 1. The molecule has 2 saturated heterocycles. The van der Waals surface area contributed by atoms with Crippen molar-refractivity contribution in [3.05, 3.63) is 30.1 Å². The van der Waals surface area contributed by atoms with E-state index < -0.39 is 5.60 Å². The van der Waals surface area contributed by atoms with Crippen LogP contribution in [0.2, 0.25) is 0 Å². The predicted molar refractivity (Wildman–Crippen MR) is 92.2 cm³/mol. The van der Waals surface area contributed by atoms with E-state index in [1.165, 1.54) is 25.7 Å². The third-order valence-electron chi connectivity index (χ3n) is 6.49. The second-order valence-electron chi connectivity index (χ2n) is 8.06. The normalized spacial score (nSPS) is 33.1. The van der Waals surface area contributed by atoms with E-state index in [-0.39, 0.29) is 12.1 Å². The Balaban J connectivity index is 1.42. The SMILES string of the molecule is O=C(CCC1CCCC1)N1C2CCC1CC(O)(c1cccnc1)C2. The van der Waals surface area contributed by atoms with E-state index in [1.54, 1.807) is 12.4 Å². The number of carbonyl (C=O) groups excluding carboxylic acids is 1. The van der Waals surface area contributed by atoms with Gasteiger partial charge in [-0.3, -0.25) is 9.78 Å². The monoisotopic (exact) mass is 328 g/mol. The summed E-state index contributed by atoms with van der Waals surface area (Å²) in [6, 6.07) is 4.24. The molecule has 1 aliphatic carbocycles. The van der Waals surface area contributed by atoms with Crippen LogP contribution in [-0.4, -0.2) is 33.0 Å². The third kappa shape index (κ3) is 2.97. The number of carbonyl (C=O) groups is 1. The number of hydrogen-bond acceptors (Lipinski definition) is 3. The van der Waals surface area contributed by atoms with Crippen LogP contribution in [0, 0.1) is 5.92 Å². The summed E-state index contributed by atoms with van der Waals surface area (Å²) in [4.78, 5) is 19.1. The number of aliphatic hydroxyl groups is 1. The molecule has 1 aromatic heterocycles. The molecule has 1 N–H and O–H groups in total. The van der Waals surface area contributed by atoms with Crippen LogP contribution in [0.15, 0.2) is 24.5 Å². The second kappa shape index (κ2) is 6.47. The van der Waals surface area contributed by atoms with Gasteiger partial charge in [-0.2, -0.15) is 0 Å². The Morgan fingerprint density at radius 1 is 1.21 bits per heavy atom. The van der Waals surface area contributed by atoms with Gasteiger partial charge in [0.1, 0.15) is 0 Å². The van der Waals surface area contributed by atoms with Crippen LogP contribution >= 0.6 is 0 Å². The fourth-order valence-electron chi connectivity index (χ4n) is 5.26. The van der Waals surface area contributed by atoms with Crippen molar-refractivity contribution in [1.29, 1.82) is 0 Å². The van der Waals surface area contributed by atoms with Crippen molar-refractivity contribution in [3.8, 4) is 0 Å². The summed E-state index contributed by atoms with van der Waals surface area (Å²) in [5, 5.41) is 11.1. The molecular weight excluding hydrogens is 300 g/mol. The maximum absolute atomic E-state index is 12.8. The molecule has 2 atom stereocenters. The largest absolute Gasteiger partial charge is 0.385 e. The summed E-state index contributed by atoms with van der Waals surface area (Å²) >= 11 is 0. The zero-order valence-corrected chi connectivity index (χ0v) is 14.4. The zero-order chi connectivity index (χ0) is 16.6. The van der Waals surface area contributed by atoms with Gasteiger partial charge < -0.3 is 10.0 Å². The highest BCUT2D eigenvalue weighted by molar-refractivity contribution is 5.77. The summed E-state index contributed by atoms with van der Waals surface area (Å²) in [6.45, 7) is 0. The Morgan fingerprint density at radius 3 is 2.54 bits per heavy atom. The number of piperidine rings is 1. The minimum Gasteiger partial charge on any atom is -0.385 e. The van der Waals surface area contributed by atoms with E-state index in [1.807, 2.05) is 12.1 Å². The van der Waals surface area contributed by atoms with Gasteiger partial charge in [0.15, 0.2) is 0 Å². The number of hydrogen-bond donors (Lipinski definition) is 1. The Labute approximate surface area is 144 Å². The first-order valence-electron chi connectivity index (χ1n) is 9.60. The predicted octanol–water partition coefficient (Wildman–Crippen LogP) is 3.39. The number of rotatable bonds is 4. The van der Waals surface area contributed by atoms with Gasteiger partial charge in [0.05, 0.1) is 5.60 Å². The van der Waals surface area contributed by atoms with Crippen LogP contribution in [-0.2, 0) is 10.4 Å². The molecule has 2 unspecified atom stereocenters. The summed E-state index contributed by atoms with van der Waals surface area (Å²) in [5.41, 5.74) is 0.0856. The fraction of sp³-hybridized carbons (Fsp3) is 0.700. The maximum Gasteiger partial charge on any atom is 0.223 e. The Hall–Kier alpha value is -1.42. The topological polar surface area (TPSA) is 53.4 Å². The van der Waals surface area contributed by atoms with Crippen molar-refractivity contribution < 1.29 is 9.90 Å². The molecule has 4 heteroatoms. The van der Waals surface area contributed by atoms with Crippen molar-refractivity contribution in [2.24, 2.45) is 5.92 Å². The minimum absolute atomic E-state index is 0.199. The van der Waals surface area contributed by atoms with Crippen molar-refractivity contribution >= 4 is 5.91 Å².